The summed E-state index contributed by atoms with van der Waals surface area (Å²) < 4.78 is 6.28. The molecule has 1 N–H and O–H groups in total. The maximum atomic E-state index is 12.1. The lowest BCUT2D eigenvalue weighted by molar-refractivity contribution is 0.415. The summed E-state index contributed by atoms with van der Waals surface area (Å²) in [7, 11) is 1.54. The van der Waals surface area contributed by atoms with Gasteiger partial charge in [0.2, 0.25) is 0 Å². The molecule has 90 valence electrons. The predicted octanol–water partition coefficient (Wildman–Crippen LogP) is 1.11. The number of benzene rings is 1. The molecule has 0 unspecified atom stereocenters. The molecule has 0 spiro atoms. The second-order valence-electron chi connectivity index (χ2n) is 3.80. The molecule has 0 saturated heterocycles. The Morgan fingerprint density at radius 2 is 2.12 bits per heavy atom. The normalized spacial score (nSPS) is 10.7. The summed E-state index contributed by atoms with van der Waals surface area (Å²) in [6.07, 6.45) is 0.735. The van der Waals surface area contributed by atoms with Crippen molar-refractivity contribution in [3.8, 4) is 5.75 Å². The number of nitrogens with zero attached hydrogens (tertiary/aromatic N) is 1. The third-order valence-corrected chi connectivity index (χ3v) is 2.64. The molecular formula is C12H14N2O3. The zero-order valence-corrected chi connectivity index (χ0v) is 9.82. The van der Waals surface area contributed by atoms with Gasteiger partial charge in [0.25, 0.3) is 5.56 Å². The molecule has 0 radical (unpaired) electrons. The van der Waals surface area contributed by atoms with Crippen LogP contribution in [0.25, 0.3) is 10.9 Å². The van der Waals surface area contributed by atoms with Crippen LogP contribution in [0.15, 0.2) is 27.8 Å². The van der Waals surface area contributed by atoms with Gasteiger partial charge in [-0.3, -0.25) is 9.36 Å². The van der Waals surface area contributed by atoms with Crippen LogP contribution in [0, 0.1) is 0 Å². The van der Waals surface area contributed by atoms with E-state index in [9.17, 15) is 9.59 Å². The highest BCUT2D eigenvalue weighted by Gasteiger charge is 2.07. The molecule has 0 aliphatic rings. The minimum Gasteiger partial charge on any atom is -0.497 e. The maximum Gasteiger partial charge on any atom is 0.328 e. The molecule has 0 bridgehead atoms. The van der Waals surface area contributed by atoms with Crippen molar-refractivity contribution in [3.05, 3.63) is 39.0 Å². The van der Waals surface area contributed by atoms with Gasteiger partial charge in [0.15, 0.2) is 0 Å². The molecule has 17 heavy (non-hydrogen) atoms. The second kappa shape index (κ2) is 4.45. The Balaban J connectivity index is 2.79. The second-order valence-corrected chi connectivity index (χ2v) is 3.80. The van der Waals surface area contributed by atoms with Crippen molar-refractivity contribution in [1.82, 2.24) is 9.55 Å². The van der Waals surface area contributed by atoms with Crippen molar-refractivity contribution in [1.29, 1.82) is 0 Å². The predicted molar refractivity (Wildman–Crippen MR) is 65.7 cm³/mol. The number of nitrogens with one attached hydrogen (secondary N) is 1. The zero-order valence-electron chi connectivity index (χ0n) is 9.82. The Morgan fingerprint density at radius 1 is 1.35 bits per heavy atom. The van der Waals surface area contributed by atoms with Crippen molar-refractivity contribution in [2.45, 2.75) is 19.9 Å². The number of rotatable bonds is 3. The molecule has 2 rings (SSSR count). The SMILES string of the molecule is CCCn1c(=O)[nH]c2ccc(OC)cc2c1=O. The summed E-state index contributed by atoms with van der Waals surface area (Å²) in [5.74, 6) is 0.602. The first-order valence-electron chi connectivity index (χ1n) is 5.48. The van der Waals surface area contributed by atoms with Crippen LogP contribution >= 0.6 is 0 Å². The van der Waals surface area contributed by atoms with Gasteiger partial charge < -0.3 is 9.72 Å². The Kier molecular flexibility index (Phi) is 2.99. The van der Waals surface area contributed by atoms with Gasteiger partial charge in [0.05, 0.1) is 18.0 Å². The van der Waals surface area contributed by atoms with E-state index >= 15 is 0 Å². The fraction of sp³-hybridized carbons (Fsp3) is 0.333. The van der Waals surface area contributed by atoms with Crippen LogP contribution in [0.4, 0.5) is 0 Å². The molecule has 5 nitrogen and oxygen atoms in total. The van der Waals surface area contributed by atoms with Crippen LogP contribution < -0.4 is 16.0 Å². The largest absolute Gasteiger partial charge is 0.497 e. The van der Waals surface area contributed by atoms with E-state index in [4.69, 9.17) is 4.74 Å². The highest BCUT2D eigenvalue weighted by Crippen LogP contribution is 2.14. The van der Waals surface area contributed by atoms with Gasteiger partial charge in [-0.05, 0) is 24.6 Å². The van der Waals surface area contributed by atoms with E-state index in [-0.39, 0.29) is 11.2 Å². The van der Waals surface area contributed by atoms with Crippen molar-refractivity contribution >= 4 is 10.9 Å². The van der Waals surface area contributed by atoms with Crippen molar-refractivity contribution < 1.29 is 4.74 Å². The first-order valence-corrected chi connectivity index (χ1v) is 5.48. The highest BCUT2D eigenvalue weighted by atomic mass is 16.5. The number of hydrogen-bond acceptors (Lipinski definition) is 3. The van der Waals surface area contributed by atoms with Crippen LogP contribution in [0.5, 0.6) is 5.75 Å². The van der Waals surface area contributed by atoms with Gasteiger partial charge >= 0.3 is 5.69 Å². The topological polar surface area (TPSA) is 64.1 Å². The van der Waals surface area contributed by atoms with Gasteiger partial charge in [0, 0.05) is 6.54 Å². The molecule has 0 atom stereocenters. The Labute approximate surface area is 97.7 Å². The Bertz CT molecular complexity index is 655. The van der Waals surface area contributed by atoms with Gasteiger partial charge in [-0.15, -0.1) is 0 Å². The maximum absolute atomic E-state index is 12.1. The molecule has 0 aliphatic carbocycles. The number of aromatic nitrogens is 2. The van der Waals surface area contributed by atoms with E-state index in [1.807, 2.05) is 6.92 Å². The quantitative estimate of drug-likeness (QED) is 0.865. The van der Waals surface area contributed by atoms with Crippen LogP contribution in [0.3, 0.4) is 0 Å². The van der Waals surface area contributed by atoms with E-state index < -0.39 is 0 Å². The van der Waals surface area contributed by atoms with Crippen molar-refractivity contribution in [2.24, 2.45) is 0 Å². The number of ether oxygens (including phenoxy) is 1. The van der Waals surface area contributed by atoms with E-state index in [1.165, 1.54) is 11.7 Å². The lowest BCUT2D eigenvalue weighted by Gasteiger charge is -2.06. The first kappa shape index (κ1) is 11.4. The standard InChI is InChI=1S/C12H14N2O3/c1-3-6-14-11(15)9-7-8(17-2)4-5-10(9)13-12(14)16/h4-5,7H,3,6H2,1-2H3,(H,13,16). The zero-order chi connectivity index (χ0) is 12.4. The van der Waals surface area contributed by atoms with Crippen molar-refractivity contribution in [2.75, 3.05) is 7.11 Å². The fourth-order valence-electron chi connectivity index (χ4n) is 1.78. The molecular weight excluding hydrogens is 220 g/mol. The van der Waals surface area contributed by atoms with E-state index in [0.717, 1.165) is 6.42 Å². The molecule has 1 heterocycles. The van der Waals surface area contributed by atoms with Crippen molar-refractivity contribution in [3.63, 3.8) is 0 Å². The summed E-state index contributed by atoms with van der Waals surface area (Å²) in [5.41, 5.74) is -0.104. The lowest BCUT2D eigenvalue weighted by atomic mass is 10.2. The number of aromatic amines is 1. The van der Waals surface area contributed by atoms with Gasteiger partial charge in [0.1, 0.15) is 5.75 Å². The molecule has 5 heteroatoms. The molecule has 0 saturated carbocycles. The monoisotopic (exact) mass is 234 g/mol. The lowest BCUT2D eigenvalue weighted by Crippen LogP contribution is -2.34. The van der Waals surface area contributed by atoms with Gasteiger partial charge in [-0.25, -0.2) is 4.79 Å². The molecule has 2 aromatic rings. The third-order valence-electron chi connectivity index (χ3n) is 2.64. The average Bonchev–Trinajstić information content (AvgIpc) is 2.34. The third kappa shape index (κ3) is 1.95. The minimum absolute atomic E-state index is 0.274. The first-order chi connectivity index (χ1) is 8.17. The fourth-order valence-corrected chi connectivity index (χ4v) is 1.78. The van der Waals surface area contributed by atoms with Crippen LogP contribution in [-0.2, 0) is 6.54 Å². The van der Waals surface area contributed by atoms with Gasteiger partial charge in [-0.1, -0.05) is 6.92 Å². The summed E-state index contributed by atoms with van der Waals surface area (Å²) in [5, 5.41) is 0.470. The minimum atomic E-state index is -0.366. The highest BCUT2D eigenvalue weighted by molar-refractivity contribution is 5.78. The molecule has 1 aromatic carbocycles. The Hall–Kier alpha value is -2.04. The molecule has 0 fully saturated rings. The van der Waals surface area contributed by atoms with E-state index in [2.05, 4.69) is 4.98 Å². The van der Waals surface area contributed by atoms with Crippen LogP contribution in [-0.4, -0.2) is 16.7 Å². The summed E-state index contributed by atoms with van der Waals surface area (Å²) in [6, 6.07) is 5.02. The number of H-pyrrole nitrogens is 1. The van der Waals surface area contributed by atoms with E-state index in [1.54, 1.807) is 18.2 Å². The molecule has 1 aromatic heterocycles. The summed E-state index contributed by atoms with van der Waals surface area (Å²) in [6.45, 7) is 2.34. The molecule has 0 aliphatic heterocycles. The smallest absolute Gasteiger partial charge is 0.328 e. The van der Waals surface area contributed by atoms with Crippen LogP contribution in [0.2, 0.25) is 0 Å². The Morgan fingerprint density at radius 3 is 2.76 bits per heavy atom. The average molecular weight is 234 g/mol. The van der Waals surface area contributed by atoms with Crippen LogP contribution in [0.1, 0.15) is 13.3 Å². The number of hydrogen-bond donors (Lipinski definition) is 1. The number of methoxy groups -OCH3 is 1. The number of fused-ring (bicyclic) bond motifs is 1. The molecule has 0 amide bonds. The summed E-state index contributed by atoms with van der Waals surface area (Å²) >= 11 is 0. The van der Waals surface area contributed by atoms with E-state index in [0.29, 0.717) is 23.2 Å². The van der Waals surface area contributed by atoms with Gasteiger partial charge in [-0.2, -0.15) is 0 Å². The summed E-state index contributed by atoms with van der Waals surface area (Å²) in [4.78, 5) is 26.5.